The summed E-state index contributed by atoms with van der Waals surface area (Å²) < 4.78 is 0. The quantitative estimate of drug-likeness (QED) is 0.759. The highest BCUT2D eigenvalue weighted by molar-refractivity contribution is 5.94. The lowest BCUT2D eigenvalue weighted by Gasteiger charge is -2.21. The van der Waals surface area contributed by atoms with E-state index in [-0.39, 0.29) is 17.7 Å². The monoisotopic (exact) mass is 289 g/mol. The summed E-state index contributed by atoms with van der Waals surface area (Å²) in [5, 5.41) is 8.96. The maximum atomic E-state index is 12.0. The van der Waals surface area contributed by atoms with Crippen LogP contribution >= 0.6 is 0 Å². The first-order valence-electron chi connectivity index (χ1n) is 7.56. The van der Waals surface area contributed by atoms with Gasteiger partial charge in [-0.1, -0.05) is 12.1 Å². The van der Waals surface area contributed by atoms with Crippen molar-refractivity contribution in [1.29, 1.82) is 0 Å². The minimum Gasteiger partial charge on any atom is -0.352 e. The molecule has 1 saturated heterocycles. The van der Waals surface area contributed by atoms with Gasteiger partial charge in [0.2, 0.25) is 5.91 Å². The van der Waals surface area contributed by atoms with Crippen molar-refractivity contribution in [3.05, 3.63) is 35.4 Å². The Labute approximate surface area is 125 Å². The van der Waals surface area contributed by atoms with Crippen molar-refractivity contribution in [1.82, 2.24) is 16.0 Å². The number of amides is 2. The Kier molecular flexibility index (Phi) is 5.75. The first-order chi connectivity index (χ1) is 10.2. The topological polar surface area (TPSA) is 70.2 Å². The van der Waals surface area contributed by atoms with Gasteiger partial charge in [0.05, 0.1) is 5.92 Å². The van der Waals surface area contributed by atoms with Crippen molar-refractivity contribution in [3.8, 4) is 0 Å². The summed E-state index contributed by atoms with van der Waals surface area (Å²) in [6, 6.07) is 7.33. The van der Waals surface area contributed by atoms with E-state index in [2.05, 4.69) is 16.0 Å². The molecule has 1 aliphatic rings. The molecule has 0 bridgehead atoms. The molecule has 1 aromatic carbocycles. The van der Waals surface area contributed by atoms with Crippen LogP contribution in [0.1, 0.15) is 35.7 Å². The third kappa shape index (κ3) is 4.56. The Hall–Kier alpha value is -1.88. The van der Waals surface area contributed by atoms with Gasteiger partial charge in [-0.3, -0.25) is 9.59 Å². The predicted octanol–water partition coefficient (Wildman–Crippen LogP) is 1.05. The van der Waals surface area contributed by atoms with Crippen molar-refractivity contribution in [2.75, 3.05) is 19.6 Å². The largest absolute Gasteiger partial charge is 0.352 e. The molecule has 1 atom stereocenters. The molecule has 1 heterocycles. The van der Waals surface area contributed by atoms with Gasteiger partial charge in [0.1, 0.15) is 0 Å². The second kappa shape index (κ2) is 7.78. The molecule has 1 fully saturated rings. The molecule has 0 saturated carbocycles. The third-order valence-corrected chi connectivity index (χ3v) is 3.69. The van der Waals surface area contributed by atoms with E-state index in [1.165, 1.54) is 0 Å². The van der Waals surface area contributed by atoms with Crippen LogP contribution in [-0.2, 0) is 11.3 Å². The number of carbonyl (C=O) groups is 2. The maximum Gasteiger partial charge on any atom is 0.251 e. The van der Waals surface area contributed by atoms with Gasteiger partial charge in [-0.15, -0.1) is 0 Å². The van der Waals surface area contributed by atoms with Crippen LogP contribution in [0.25, 0.3) is 0 Å². The second-order valence-corrected chi connectivity index (χ2v) is 5.32. The molecule has 0 spiro atoms. The van der Waals surface area contributed by atoms with Crippen molar-refractivity contribution in [2.24, 2.45) is 5.92 Å². The lowest BCUT2D eigenvalue weighted by atomic mass is 9.99. The van der Waals surface area contributed by atoms with E-state index < -0.39 is 0 Å². The number of carbonyl (C=O) groups excluding carboxylic acids is 2. The van der Waals surface area contributed by atoms with Crippen LogP contribution in [0.4, 0.5) is 0 Å². The van der Waals surface area contributed by atoms with E-state index >= 15 is 0 Å². The molecular formula is C16H23N3O2. The standard InChI is InChI=1S/C16H23N3O2/c1-2-18-15(20)13-7-5-12(6-8-13)10-19-16(21)14-4-3-9-17-11-14/h5-8,14,17H,2-4,9-11H2,1H3,(H,18,20)(H,19,21). The van der Waals surface area contributed by atoms with E-state index in [0.29, 0.717) is 18.7 Å². The van der Waals surface area contributed by atoms with Crippen molar-refractivity contribution in [2.45, 2.75) is 26.3 Å². The maximum absolute atomic E-state index is 12.0. The summed E-state index contributed by atoms with van der Waals surface area (Å²) in [7, 11) is 0. The zero-order valence-corrected chi connectivity index (χ0v) is 12.4. The van der Waals surface area contributed by atoms with Gasteiger partial charge in [0, 0.05) is 25.2 Å². The molecule has 1 aliphatic heterocycles. The Morgan fingerprint density at radius 2 is 2.00 bits per heavy atom. The second-order valence-electron chi connectivity index (χ2n) is 5.32. The minimum absolute atomic E-state index is 0.0682. The highest BCUT2D eigenvalue weighted by Crippen LogP contribution is 2.10. The molecular weight excluding hydrogens is 266 g/mol. The number of nitrogens with one attached hydrogen (secondary N) is 3. The molecule has 2 amide bonds. The zero-order chi connectivity index (χ0) is 15.1. The lowest BCUT2D eigenvalue weighted by molar-refractivity contribution is -0.125. The van der Waals surface area contributed by atoms with Gasteiger partial charge in [-0.2, -0.15) is 0 Å². The normalized spacial score (nSPS) is 18.0. The van der Waals surface area contributed by atoms with Gasteiger partial charge >= 0.3 is 0 Å². The van der Waals surface area contributed by atoms with E-state index in [0.717, 1.165) is 31.5 Å². The van der Waals surface area contributed by atoms with Crippen molar-refractivity contribution >= 4 is 11.8 Å². The lowest BCUT2D eigenvalue weighted by Crippen LogP contribution is -2.40. The summed E-state index contributed by atoms with van der Waals surface area (Å²) >= 11 is 0. The van der Waals surface area contributed by atoms with E-state index in [9.17, 15) is 9.59 Å². The van der Waals surface area contributed by atoms with E-state index in [1.807, 2.05) is 19.1 Å². The smallest absolute Gasteiger partial charge is 0.251 e. The molecule has 114 valence electrons. The number of rotatable bonds is 5. The van der Waals surface area contributed by atoms with Gasteiger partial charge in [0.15, 0.2) is 0 Å². The highest BCUT2D eigenvalue weighted by Gasteiger charge is 2.20. The van der Waals surface area contributed by atoms with Gasteiger partial charge < -0.3 is 16.0 Å². The molecule has 1 unspecified atom stereocenters. The molecule has 3 N–H and O–H groups in total. The van der Waals surface area contributed by atoms with Crippen LogP contribution in [0.2, 0.25) is 0 Å². The predicted molar refractivity (Wildman–Crippen MR) is 81.9 cm³/mol. The van der Waals surface area contributed by atoms with Crippen molar-refractivity contribution in [3.63, 3.8) is 0 Å². The molecule has 1 aromatic rings. The van der Waals surface area contributed by atoms with Crippen LogP contribution in [0, 0.1) is 5.92 Å². The summed E-state index contributed by atoms with van der Waals surface area (Å²) in [5.41, 5.74) is 1.64. The molecule has 5 heteroatoms. The molecule has 21 heavy (non-hydrogen) atoms. The number of benzene rings is 1. The van der Waals surface area contributed by atoms with Crippen LogP contribution in [0.15, 0.2) is 24.3 Å². The summed E-state index contributed by atoms with van der Waals surface area (Å²) in [6.45, 7) is 4.78. The number of hydrogen-bond donors (Lipinski definition) is 3. The van der Waals surface area contributed by atoms with Gasteiger partial charge in [-0.25, -0.2) is 0 Å². The Morgan fingerprint density at radius 1 is 1.24 bits per heavy atom. The zero-order valence-electron chi connectivity index (χ0n) is 12.4. The van der Waals surface area contributed by atoms with E-state index in [1.54, 1.807) is 12.1 Å². The van der Waals surface area contributed by atoms with E-state index in [4.69, 9.17) is 0 Å². The Bertz CT molecular complexity index is 479. The molecule has 2 rings (SSSR count). The average Bonchev–Trinajstić information content (AvgIpc) is 2.54. The fourth-order valence-corrected chi connectivity index (χ4v) is 2.45. The minimum atomic E-state index is -0.0682. The SMILES string of the molecule is CCNC(=O)c1ccc(CNC(=O)C2CCCNC2)cc1. The summed E-state index contributed by atoms with van der Waals surface area (Å²) in [6.07, 6.45) is 2.01. The Balaban J connectivity index is 1.83. The Morgan fingerprint density at radius 3 is 2.62 bits per heavy atom. The van der Waals surface area contributed by atoms with Gasteiger partial charge in [0.25, 0.3) is 5.91 Å². The fourth-order valence-electron chi connectivity index (χ4n) is 2.45. The van der Waals surface area contributed by atoms with Crippen molar-refractivity contribution < 1.29 is 9.59 Å². The van der Waals surface area contributed by atoms with Crippen LogP contribution < -0.4 is 16.0 Å². The van der Waals surface area contributed by atoms with Crippen LogP contribution in [-0.4, -0.2) is 31.4 Å². The molecule has 0 aliphatic carbocycles. The average molecular weight is 289 g/mol. The summed E-state index contributed by atoms with van der Waals surface area (Å²) in [5.74, 6) is 0.115. The van der Waals surface area contributed by atoms with Gasteiger partial charge in [-0.05, 0) is 44.0 Å². The molecule has 0 radical (unpaired) electrons. The highest BCUT2D eigenvalue weighted by atomic mass is 16.2. The molecule has 5 nitrogen and oxygen atoms in total. The van der Waals surface area contributed by atoms with Crippen LogP contribution in [0.5, 0.6) is 0 Å². The summed E-state index contributed by atoms with van der Waals surface area (Å²) in [4.78, 5) is 23.7. The third-order valence-electron chi connectivity index (χ3n) is 3.69. The fraction of sp³-hybridized carbons (Fsp3) is 0.500. The first kappa shape index (κ1) is 15.5. The molecule has 0 aromatic heterocycles. The number of hydrogen-bond acceptors (Lipinski definition) is 3. The first-order valence-corrected chi connectivity index (χ1v) is 7.56. The number of piperidine rings is 1. The van der Waals surface area contributed by atoms with Crippen LogP contribution in [0.3, 0.4) is 0 Å².